The first-order valence-corrected chi connectivity index (χ1v) is 16.1. The molecule has 1 atom stereocenters. The Labute approximate surface area is 237 Å². The molecule has 0 radical (unpaired) electrons. The molecule has 0 spiro atoms. The van der Waals surface area contributed by atoms with Gasteiger partial charge in [-0.15, -0.1) is 0 Å². The molecule has 2 aromatic rings. The summed E-state index contributed by atoms with van der Waals surface area (Å²) in [5, 5.41) is 3.20. The van der Waals surface area contributed by atoms with Gasteiger partial charge >= 0.3 is 0 Å². The minimum absolute atomic E-state index is 0.0951. The number of ether oxygens (including phenoxy) is 2. The standard InChI is InChI=1S/C30H41N3O6S/c1-3-26(30(35)31-24-13-8-5-9-14-24)32(20-18-23-11-6-4-7-12-23)29(34)15-10-19-33(40(2,36)37)25-16-17-27-28(21-25)39-22-38-27/h4,6-7,11-12,16-17,21,24,26H,3,5,8-10,13-15,18-20,22H2,1-2H3,(H,31,35)/t26-/m1/s1. The quantitative estimate of drug-likeness (QED) is 0.385. The number of carbonyl (C=O) groups is 2. The molecule has 0 aromatic heterocycles. The zero-order valence-corrected chi connectivity index (χ0v) is 24.3. The number of sulfonamides is 1. The minimum atomic E-state index is -3.60. The van der Waals surface area contributed by atoms with Gasteiger partial charge in [0.1, 0.15) is 6.04 Å². The molecule has 0 bridgehead atoms. The van der Waals surface area contributed by atoms with Gasteiger partial charge in [0, 0.05) is 31.6 Å². The van der Waals surface area contributed by atoms with E-state index in [0.29, 0.717) is 43.0 Å². The highest BCUT2D eigenvalue weighted by Crippen LogP contribution is 2.36. The van der Waals surface area contributed by atoms with Crippen molar-refractivity contribution < 1.29 is 27.5 Å². The molecule has 40 heavy (non-hydrogen) atoms. The first-order chi connectivity index (χ1) is 19.3. The van der Waals surface area contributed by atoms with E-state index in [1.807, 2.05) is 37.3 Å². The second-order valence-corrected chi connectivity index (χ2v) is 12.5. The first kappa shape index (κ1) is 29.7. The van der Waals surface area contributed by atoms with Gasteiger partial charge in [0.15, 0.2) is 11.5 Å². The maximum absolute atomic E-state index is 13.6. The van der Waals surface area contributed by atoms with Gasteiger partial charge in [-0.25, -0.2) is 8.42 Å². The lowest BCUT2D eigenvalue weighted by Crippen LogP contribution is -2.52. The molecule has 0 unspecified atom stereocenters. The second-order valence-electron chi connectivity index (χ2n) is 10.6. The van der Waals surface area contributed by atoms with Crippen molar-refractivity contribution >= 4 is 27.5 Å². The van der Waals surface area contributed by atoms with E-state index in [1.165, 1.54) is 10.7 Å². The summed E-state index contributed by atoms with van der Waals surface area (Å²) in [5.74, 6) is 0.803. The number of rotatable bonds is 13. The van der Waals surface area contributed by atoms with E-state index in [0.717, 1.165) is 37.5 Å². The van der Waals surface area contributed by atoms with Gasteiger partial charge in [-0.05, 0) is 49.8 Å². The molecule has 2 aliphatic rings. The van der Waals surface area contributed by atoms with Crippen LogP contribution in [0.1, 0.15) is 63.9 Å². The van der Waals surface area contributed by atoms with Crippen molar-refractivity contribution in [3.8, 4) is 11.5 Å². The number of nitrogens with one attached hydrogen (secondary N) is 1. The van der Waals surface area contributed by atoms with Crippen LogP contribution in [0.15, 0.2) is 48.5 Å². The largest absolute Gasteiger partial charge is 0.454 e. The highest BCUT2D eigenvalue weighted by Gasteiger charge is 2.30. The van der Waals surface area contributed by atoms with Crippen molar-refractivity contribution in [3.05, 3.63) is 54.1 Å². The van der Waals surface area contributed by atoms with Gasteiger partial charge in [0.2, 0.25) is 28.6 Å². The van der Waals surface area contributed by atoms with Crippen LogP contribution in [0.2, 0.25) is 0 Å². The van der Waals surface area contributed by atoms with E-state index >= 15 is 0 Å². The SMILES string of the molecule is CC[C@H](C(=O)NC1CCCCC1)N(CCc1ccccc1)C(=O)CCCN(c1ccc2c(c1)OCO2)S(C)(=O)=O. The van der Waals surface area contributed by atoms with Crippen molar-refractivity contribution in [1.29, 1.82) is 0 Å². The van der Waals surface area contributed by atoms with E-state index in [1.54, 1.807) is 23.1 Å². The Hall–Kier alpha value is -3.27. The second kappa shape index (κ2) is 13.9. The van der Waals surface area contributed by atoms with Gasteiger partial charge < -0.3 is 19.7 Å². The molecule has 1 aliphatic carbocycles. The number of carbonyl (C=O) groups excluding carboxylic acids is 2. The monoisotopic (exact) mass is 571 g/mol. The fourth-order valence-corrected chi connectivity index (χ4v) is 6.44. The van der Waals surface area contributed by atoms with Gasteiger partial charge in [0.25, 0.3) is 0 Å². The Morgan fingerprint density at radius 3 is 2.42 bits per heavy atom. The highest BCUT2D eigenvalue weighted by atomic mass is 32.2. The Morgan fingerprint density at radius 1 is 1.00 bits per heavy atom. The smallest absolute Gasteiger partial charge is 0.243 e. The summed E-state index contributed by atoms with van der Waals surface area (Å²) in [4.78, 5) is 28.7. The normalized spacial score (nSPS) is 15.8. The van der Waals surface area contributed by atoms with E-state index in [4.69, 9.17) is 9.47 Å². The van der Waals surface area contributed by atoms with Crippen LogP contribution in [0.25, 0.3) is 0 Å². The average molecular weight is 572 g/mol. The van der Waals surface area contributed by atoms with Crippen LogP contribution in [0, 0.1) is 0 Å². The van der Waals surface area contributed by atoms with Crippen LogP contribution in [0.5, 0.6) is 11.5 Å². The van der Waals surface area contributed by atoms with E-state index in [2.05, 4.69) is 5.32 Å². The van der Waals surface area contributed by atoms with Crippen LogP contribution in [0.3, 0.4) is 0 Å². The fraction of sp³-hybridized carbons (Fsp3) is 0.533. The van der Waals surface area contributed by atoms with Crippen molar-refractivity contribution in [1.82, 2.24) is 10.2 Å². The summed E-state index contributed by atoms with van der Waals surface area (Å²) >= 11 is 0. The number of hydrogen-bond acceptors (Lipinski definition) is 6. The number of hydrogen-bond donors (Lipinski definition) is 1. The van der Waals surface area contributed by atoms with Crippen molar-refractivity contribution in [2.24, 2.45) is 0 Å². The predicted molar refractivity (Wildman–Crippen MR) is 155 cm³/mol. The summed E-state index contributed by atoms with van der Waals surface area (Å²) in [7, 11) is -3.60. The van der Waals surface area contributed by atoms with Crippen LogP contribution in [-0.4, -0.2) is 63.4 Å². The number of amides is 2. The number of benzene rings is 2. The summed E-state index contributed by atoms with van der Waals surface area (Å²) in [6.07, 6.45) is 8.08. The number of nitrogens with zero attached hydrogens (tertiary/aromatic N) is 2. The molecule has 2 aromatic carbocycles. The van der Waals surface area contributed by atoms with Gasteiger partial charge in [-0.2, -0.15) is 0 Å². The highest BCUT2D eigenvalue weighted by molar-refractivity contribution is 7.92. The number of fused-ring (bicyclic) bond motifs is 1. The van der Waals surface area contributed by atoms with Crippen LogP contribution in [0.4, 0.5) is 5.69 Å². The molecular weight excluding hydrogens is 530 g/mol. The minimum Gasteiger partial charge on any atom is -0.454 e. The van der Waals surface area contributed by atoms with Crippen LogP contribution in [-0.2, 0) is 26.0 Å². The Balaban J connectivity index is 1.44. The fourth-order valence-electron chi connectivity index (χ4n) is 5.48. The Kier molecular flexibility index (Phi) is 10.3. The lowest BCUT2D eigenvalue weighted by atomic mass is 9.95. The third kappa shape index (κ3) is 7.90. The molecule has 0 saturated heterocycles. The summed E-state index contributed by atoms with van der Waals surface area (Å²) in [6.45, 7) is 2.57. The van der Waals surface area contributed by atoms with Crippen LogP contribution < -0.4 is 19.1 Å². The van der Waals surface area contributed by atoms with Crippen molar-refractivity contribution in [3.63, 3.8) is 0 Å². The average Bonchev–Trinajstić information content (AvgIpc) is 3.41. The van der Waals surface area contributed by atoms with Gasteiger partial charge in [0.05, 0.1) is 11.9 Å². The number of anilines is 1. The van der Waals surface area contributed by atoms with E-state index in [-0.39, 0.29) is 37.6 Å². The summed E-state index contributed by atoms with van der Waals surface area (Å²) < 4.78 is 37.3. The predicted octanol–water partition coefficient (Wildman–Crippen LogP) is 4.26. The van der Waals surface area contributed by atoms with Crippen molar-refractivity contribution in [2.75, 3.05) is 30.4 Å². The van der Waals surface area contributed by atoms with Gasteiger partial charge in [-0.3, -0.25) is 13.9 Å². The molecule has 1 aliphatic heterocycles. The molecular formula is C30H41N3O6S. The molecule has 1 heterocycles. The lowest BCUT2D eigenvalue weighted by molar-refractivity contribution is -0.141. The molecule has 4 rings (SSSR count). The maximum Gasteiger partial charge on any atom is 0.243 e. The first-order valence-electron chi connectivity index (χ1n) is 14.3. The lowest BCUT2D eigenvalue weighted by Gasteiger charge is -2.33. The van der Waals surface area contributed by atoms with Crippen molar-refractivity contribution in [2.45, 2.75) is 76.8 Å². The molecule has 9 nitrogen and oxygen atoms in total. The zero-order valence-electron chi connectivity index (χ0n) is 23.5. The molecule has 218 valence electrons. The molecule has 2 amide bonds. The van der Waals surface area contributed by atoms with Gasteiger partial charge in [-0.1, -0.05) is 56.5 Å². The Morgan fingerprint density at radius 2 is 1.73 bits per heavy atom. The third-order valence-corrected chi connectivity index (χ3v) is 8.81. The van der Waals surface area contributed by atoms with E-state index < -0.39 is 16.1 Å². The maximum atomic E-state index is 13.6. The Bertz CT molecular complexity index is 1250. The topological polar surface area (TPSA) is 105 Å². The zero-order chi connectivity index (χ0) is 28.5. The summed E-state index contributed by atoms with van der Waals surface area (Å²) in [5.41, 5.74) is 1.55. The third-order valence-electron chi connectivity index (χ3n) is 7.62. The molecule has 10 heteroatoms. The molecule has 1 saturated carbocycles. The van der Waals surface area contributed by atoms with E-state index in [9.17, 15) is 18.0 Å². The molecule has 1 N–H and O–H groups in total. The summed E-state index contributed by atoms with van der Waals surface area (Å²) in [6, 6.07) is 14.5. The van der Waals surface area contributed by atoms with Crippen LogP contribution >= 0.6 is 0 Å². The molecule has 1 fully saturated rings.